The Labute approximate surface area is 263 Å². The monoisotopic (exact) mass is 633 g/mol. The van der Waals surface area contributed by atoms with E-state index in [0.29, 0.717) is 0 Å². The molecule has 0 aromatic heterocycles. The van der Waals surface area contributed by atoms with Crippen LogP contribution in [0.25, 0.3) is 0 Å². The molecule has 0 fully saturated rings. The zero-order chi connectivity index (χ0) is 30.0. The van der Waals surface area contributed by atoms with E-state index >= 15 is 0 Å². The Balaban J connectivity index is 4.25. The summed E-state index contributed by atoms with van der Waals surface area (Å²) in [5, 5.41) is 1.13. The first-order valence-electron chi connectivity index (χ1n) is 18.1. The highest BCUT2D eigenvalue weighted by Gasteiger charge is 2.29. The third-order valence-corrected chi connectivity index (χ3v) is 10.1. The van der Waals surface area contributed by atoms with Gasteiger partial charge in [-0.3, -0.25) is 0 Å². The van der Waals surface area contributed by atoms with Crippen molar-refractivity contribution in [1.29, 1.82) is 0 Å². The van der Waals surface area contributed by atoms with E-state index in [2.05, 4.69) is 65.0 Å². The zero-order valence-electron chi connectivity index (χ0n) is 29.2. The molecule has 0 atom stereocenters. The molecule has 0 amide bonds. The fourth-order valence-electron chi connectivity index (χ4n) is 6.08. The fraction of sp³-hybridized carbons (Fsp3) is 1.00. The van der Waals surface area contributed by atoms with E-state index in [1.54, 1.807) is 0 Å². The molecule has 0 aliphatic heterocycles. The molecule has 0 saturated carbocycles. The van der Waals surface area contributed by atoms with Crippen molar-refractivity contribution in [3.8, 4) is 0 Å². The van der Waals surface area contributed by atoms with Gasteiger partial charge in [-0.05, 0) is 25.7 Å². The smallest absolute Gasteiger partial charge is 0.128 e. The lowest BCUT2D eigenvalue weighted by molar-refractivity contribution is -0.977. The minimum Gasteiger partial charge on any atom is -0.324 e. The average molecular weight is 634 g/mol. The first-order chi connectivity index (χ1) is 19.1. The van der Waals surface area contributed by atoms with Gasteiger partial charge in [0.25, 0.3) is 0 Å². The summed E-state index contributed by atoms with van der Waals surface area (Å²) >= 11 is 3.72. The van der Waals surface area contributed by atoms with Crippen molar-refractivity contribution in [3.05, 3.63) is 0 Å². The Bertz CT molecular complexity index is 494. The fourth-order valence-corrected chi connectivity index (χ4v) is 6.33. The lowest BCUT2D eigenvalue weighted by atomic mass is 10.1. The highest BCUT2D eigenvalue weighted by molar-refractivity contribution is 9.09. The van der Waals surface area contributed by atoms with Gasteiger partial charge in [-0.1, -0.05) is 133 Å². The van der Waals surface area contributed by atoms with Crippen molar-refractivity contribution in [3.63, 3.8) is 0 Å². The van der Waals surface area contributed by atoms with Gasteiger partial charge in [0, 0.05) is 11.8 Å². The average Bonchev–Trinajstić information content (AvgIpc) is 2.92. The molecule has 0 bridgehead atoms. The minimum absolute atomic E-state index is 1.13. The molecule has 0 rings (SSSR count). The maximum Gasteiger partial charge on any atom is 0.128 e. The van der Waals surface area contributed by atoms with Crippen molar-refractivity contribution in [2.24, 2.45) is 0 Å². The molecular weight excluding hydrogens is 554 g/mol. The maximum atomic E-state index is 3.72. The van der Waals surface area contributed by atoms with Gasteiger partial charge in [0.05, 0.1) is 54.9 Å². The summed E-state index contributed by atoms with van der Waals surface area (Å²) in [4.78, 5) is 0. The van der Waals surface area contributed by atoms with E-state index in [9.17, 15) is 0 Å². The Morgan fingerprint density at radius 1 is 0.325 bits per heavy atom. The molecule has 40 heavy (non-hydrogen) atoms. The van der Waals surface area contributed by atoms with Crippen LogP contribution in [0.15, 0.2) is 0 Å². The summed E-state index contributed by atoms with van der Waals surface area (Å²) in [6.07, 6.45) is 30.0. The highest BCUT2D eigenvalue weighted by atomic mass is 79.9. The van der Waals surface area contributed by atoms with E-state index in [-0.39, 0.29) is 0 Å². The van der Waals surface area contributed by atoms with Crippen LogP contribution in [0.2, 0.25) is 0 Å². The second kappa shape index (κ2) is 25.8. The normalized spacial score (nSPS) is 12.9. The summed E-state index contributed by atoms with van der Waals surface area (Å²) < 4.78 is 3.62. The van der Waals surface area contributed by atoms with Gasteiger partial charge in [-0.25, -0.2) is 0 Å². The standard InChI is InChI=1S/C36H79BrN3/c1-8-10-12-14-16-18-20-22-24-26-30-38(3,4)33-35-40(7,32-28-29-37)36-34-39(5,6)31-27-25-23-21-19-17-15-13-11-9-2/h8-36H2,1-7H3/q+3. The van der Waals surface area contributed by atoms with E-state index in [0.717, 1.165) is 5.33 Å². The summed E-state index contributed by atoms with van der Waals surface area (Å²) in [6.45, 7) is 13.9. The molecule has 0 aliphatic rings. The van der Waals surface area contributed by atoms with Crippen LogP contribution in [0, 0.1) is 0 Å². The second-order valence-electron chi connectivity index (χ2n) is 15.0. The molecule has 0 spiro atoms. The van der Waals surface area contributed by atoms with E-state index in [1.807, 2.05) is 0 Å². The Hall–Kier alpha value is 0.360. The lowest BCUT2D eigenvalue weighted by Crippen LogP contribution is -2.57. The summed E-state index contributed by atoms with van der Waals surface area (Å²) in [5.41, 5.74) is 0. The topological polar surface area (TPSA) is 0 Å². The van der Waals surface area contributed by atoms with Gasteiger partial charge in [0.1, 0.15) is 26.2 Å². The number of alkyl halides is 1. The van der Waals surface area contributed by atoms with Gasteiger partial charge in [0.15, 0.2) is 0 Å². The molecule has 0 radical (unpaired) electrons. The summed E-state index contributed by atoms with van der Waals surface area (Å²) in [5.74, 6) is 0. The van der Waals surface area contributed by atoms with E-state index in [1.165, 1.54) is 194 Å². The molecule has 0 unspecified atom stereocenters. The van der Waals surface area contributed by atoms with Gasteiger partial charge in [-0.15, -0.1) is 0 Å². The molecule has 242 valence electrons. The van der Waals surface area contributed by atoms with Crippen LogP contribution in [-0.4, -0.2) is 99.8 Å². The number of halogens is 1. The third-order valence-electron chi connectivity index (χ3n) is 9.56. The molecule has 0 aliphatic carbocycles. The molecule has 0 saturated heterocycles. The SMILES string of the molecule is CCCCCCCCCCCC[N+](C)(C)CC[N+](C)(CCCBr)CC[N+](C)(C)CCCCCCCCCCCC. The number of unbranched alkanes of at least 4 members (excludes halogenated alkanes) is 18. The van der Waals surface area contributed by atoms with Crippen LogP contribution in [0.4, 0.5) is 0 Å². The highest BCUT2D eigenvalue weighted by Crippen LogP contribution is 2.15. The Morgan fingerprint density at radius 3 is 0.925 bits per heavy atom. The molecule has 4 heteroatoms. The quantitative estimate of drug-likeness (QED) is 0.0405. The van der Waals surface area contributed by atoms with Crippen molar-refractivity contribution < 1.29 is 13.4 Å². The largest absolute Gasteiger partial charge is 0.324 e. The first kappa shape index (κ1) is 40.4. The zero-order valence-corrected chi connectivity index (χ0v) is 30.8. The number of quaternary nitrogens is 3. The van der Waals surface area contributed by atoms with Crippen molar-refractivity contribution >= 4 is 15.9 Å². The molecule has 0 heterocycles. The number of nitrogens with zero attached hydrogens (tertiary/aromatic N) is 3. The van der Waals surface area contributed by atoms with Crippen LogP contribution in [0.3, 0.4) is 0 Å². The van der Waals surface area contributed by atoms with E-state index in [4.69, 9.17) is 0 Å². The van der Waals surface area contributed by atoms with E-state index < -0.39 is 0 Å². The minimum atomic E-state index is 1.13. The van der Waals surface area contributed by atoms with Crippen LogP contribution in [0.5, 0.6) is 0 Å². The summed E-state index contributed by atoms with van der Waals surface area (Å²) in [7, 11) is 12.5. The van der Waals surface area contributed by atoms with Crippen LogP contribution in [-0.2, 0) is 0 Å². The number of likely N-dealkylation sites (N-methyl/N-ethyl adjacent to an activating group) is 3. The van der Waals surface area contributed by atoms with Gasteiger partial charge in [-0.2, -0.15) is 0 Å². The molecule has 3 nitrogen and oxygen atoms in total. The number of rotatable bonds is 31. The predicted molar refractivity (Wildman–Crippen MR) is 187 cm³/mol. The van der Waals surface area contributed by atoms with Crippen molar-refractivity contribution in [2.75, 3.05) is 86.4 Å². The van der Waals surface area contributed by atoms with Gasteiger partial charge >= 0.3 is 0 Å². The van der Waals surface area contributed by atoms with Crippen LogP contribution < -0.4 is 0 Å². The molecule has 0 N–H and O–H groups in total. The number of hydrogen-bond donors (Lipinski definition) is 0. The van der Waals surface area contributed by atoms with Crippen molar-refractivity contribution in [2.45, 2.75) is 149 Å². The Kier molecular flexibility index (Phi) is 26.1. The van der Waals surface area contributed by atoms with Crippen molar-refractivity contribution in [1.82, 2.24) is 0 Å². The molecule has 0 aromatic rings. The van der Waals surface area contributed by atoms with Crippen LogP contribution in [0.1, 0.15) is 149 Å². The Morgan fingerprint density at radius 2 is 0.625 bits per heavy atom. The first-order valence-corrected chi connectivity index (χ1v) is 19.3. The molecular formula is C36H79BrN3+3. The number of hydrogen-bond acceptors (Lipinski definition) is 0. The van der Waals surface area contributed by atoms with Gasteiger partial charge in [0.2, 0.25) is 0 Å². The second-order valence-corrected chi connectivity index (χ2v) is 15.8. The maximum absolute atomic E-state index is 3.72. The molecule has 0 aromatic carbocycles. The third kappa shape index (κ3) is 26.0. The van der Waals surface area contributed by atoms with Gasteiger partial charge < -0.3 is 13.4 Å². The lowest BCUT2D eigenvalue weighted by Gasteiger charge is -2.40. The predicted octanol–water partition coefficient (Wildman–Crippen LogP) is 10.2. The van der Waals surface area contributed by atoms with Crippen LogP contribution >= 0.6 is 15.9 Å². The summed E-state index contributed by atoms with van der Waals surface area (Å²) in [6, 6.07) is 0.